The summed E-state index contributed by atoms with van der Waals surface area (Å²) < 4.78 is 11.3. The van der Waals surface area contributed by atoms with Crippen molar-refractivity contribution in [2.75, 3.05) is 6.54 Å². The predicted molar refractivity (Wildman–Crippen MR) is 102 cm³/mol. The van der Waals surface area contributed by atoms with Gasteiger partial charge in [0, 0.05) is 24.8 Å². The van der Waals surface area contributed by atoms with Gasteiger partial charge in [-0.2, -0.15) is 0 Å². The molecule has 1 unspecified atom stereocenters. The molecule has 0 spiro atoms. The Balaban J connectivity index is 1.76. The predicted octanol–water partition coefficient (Wildman–Crippen LogP) is 2.11. The van der Waals surface area contributed by atoms with E-state index < -0.39 is 30.1 Å². The van der Waals surface area contributed by atoms with Crippen LogP contribution in [0.3, 0.4) is 0 Å². The smallest absolute Gasteiger partial charge is 0.309 e. The van der Waals surface area contributed by atoms with Crippen molar-refractivity contribution in [3.05, 3.63) is 0 Å². The maximum Gasteiger partial charge on any atom is 0.309 e. The van der Waals surface area contributed by atoms with Crippen LogP contribution in [-0.4, -0.2) is 53.3 Å². The average Bonchev–Trinajstić information content (AvgIpc) is 3.09. The Morgan fingerprint density at radius 1 is 1.03 bits per heavy atom. The normalized spacial score (nSPS) is 43.1. The molecule has 0 aromatic rings. The van der Waals surface area contributed by atoms with Crippen molar-refractivity contribution in [2.24, 2.45) is 29.6 Å². The lowest BCUT2D eigenvalue weighted by atomic mass is 9.74. The third-order valence-electron chi connectivity index (χ3n) is 7.56. The second-order valence-electron chi connectivity index (χ2n) is 9.27. The molecular formula is C22H31NO6. The Kier molecular flexibility index (Phi) is 5.42. The van der Waals surface area contributed by atoms with E-state index in [1.807, 2.05) is 18.7 Å². The first kappa shape index (κ1) is 20.4. The number of carbonyl (C=O) groups is 4. The van der Waals surface area contributed by atoms with E-state index in [0.29, 0.717) is 19.4 Å². The molecule has 0 saturated carbocycles. The van der Waals surface area contributed by atoms with Gasteiger partial charge in [0.25, 0.3) is 0 Å². The number of hydrogen-bond donors (Lipinski definition) is 0. The van der Waals surface area contributed by atoms with Crippen LogP contribution in [0.4, 0.5) is 0 Å². The minimum absolute atomic E-state index is 0.0269. The summed E-state index contributed by atoms with van der Waals surface area (Å²) in [5.74, 6) is -2.32. The first-order valence-electron chi connectivity index (χ1n) is 11.1. The number of cyclic esters (lactones) is 1. The number of fused-ring (bicyclic) bond motifs is 3. The fourth-order valence-corrected chi connectivity index (χ4v) is 5.91. The van der Waals surface area contributed by atoms with Gasteiger partial charge < -0.3 is 14.4 Å². The number of hydrogen-bond acceptors (Lipinski definition) is 6. The van der Waals surface area contributed by atoms with E-state index in [2.05, 4.69) is 0 Å². The minimum atomic E-state index is -0.535. The quantitative estimate of drug-likeness (QED) is 0.654. The van der Waals surface area contributed by atoms with Crippen molar-refractivity contribution in [1.82, 2.24) is 4.90 Å². The van der Waals surface area contributed by atoms with E-state index >= 15 is 0 Å². The number of esters is 2. The van der Waals surface area contributed by atoms with E-state index in [-0.39, 0.29) is 47.8 Å². The lowest BCUT2D eigenvalue weighted by Crippen LogP contribution is -2.50. The molecule has 7 heteroatoms. The molecule has 4 aliphatic rings. The topological polar surface area (TPSA) is 90.0 Å². The molecule has 0 N–H and O–H groups in total. The first-order chi connectivity index (χ1) is 13.8. The van der Waals surface area contributed by atoms with E-state index in [9.17, 15) is 19.2 Å². The van der Waals surface area contributed by atoms with Crippen LogP contribution in [0, 0.1) is 29.6 Å². The average molecular weight is 405 g/mol. The summed E-state index contributed by atoms with van der Waals surface area (Å²) in [6.45, 7) is 6.15. The highest BCUT2D eigenvalue weighted by molar-refractivity contribution is 5.91. The van der Waals surface area contributed by atoms with Gasteiger partial charge in [-0.25, -0.2) is 0 Å². The number of Topliss-reactive ketones (excluding diaryl/α,β-unsaturated/α-hetero) is 1. The van der Waals surface area contributed by atoms with Crippen LogP contribution in [0.1, 0.15) is 59.3 Å². The molecule has 1 amide bonds. The highest BCUT2D eigenvalue weighted by Crippen LogP contribution is 2.43. The van der Waals surface area contributed by atoms with Gasteiger partial charge in [-0.1, -0.05) is 27.2 Å². The van der Waals surface area contributed by atoms with Gasteiger partial charge >= 0.3 is 11.9 Å². The highest BCUT2D eigenvalue weighted by atomic mass is 16.6. The molecule has 29 heavy (non-hydrogen) atoms. The van der Waals surface area contributed by atoms with E-state index in [1.165, 1.54) is 0 Å². The Morgan fingerprint density at radius 2 is 1.79 bits per heavy atom. The first-order valence-corrected chi connectivity index (χ1v) is 11.1. The number of amides is 1. The van der Waals surface area contributed by atoms with Gasteiger partial charge in [0.1, 0.15) is 18.0 Å². The van der Waals surface area contributed by atoms with Crippen molar-refractivity contribution in [3.63, 3.8) is 0 Å². The molecule has 160 valence electrons. The second kappa shape index (κ2) is 7.73. The Labute approximate surface area is 171 Å². The third-order valence-corrected chi connectivity index (χ3v) is 7.56. The summed E-state index contributed by atoms with van der Waals surface area (Å²) in [4.78, 5) is 53.3. The van der Waals surface area contributed by atoms with Crippen molar-refractivity contribution < 1.29 is 28.7 Å². The van der Waals surface area contributed by atoms with Crippen LogP contribution in [-0.2, 0) is 28.7 Å². The second-order valence-corrected chi connectivity index (χ2v) is 9.27. The number of carbonyl (C=O) groups excluding carboxylic acids is 4. The maximum atomic E-state index is 13.6. The Morgan fingerprint density at radius 3 is 2.45 bits per heavy atom. The zero-order chi connectivity index (χ0) is 20.9. The number of rotatable bonds is 2. The molecule has 7 nitrogen and oxygen atoms in total. The summed E-state index contributed by atoms with van der Waals surface area (Å²) in [6.07, 6.45) is 2.84. The standard InChI is InChI=1S/C22H31NO6/c1-4-13-14-7-5-6-8-23(20(14)25)15(17-9-11(2)21(26)28-17)10-16(24)18-12(3)22(27)29-19(13)18/h11-15,17-19H,4-10H2,1-3H3/t11-,12+,13+,14-,15?,17-,18-,19+/m0/s1. The van der Waals surface area contributed by atoms with Crippen LogP contribution in [0.5, 0.6) is 0 Å². The Hall–Kier alpha value is -1.92. The SMILES string of the molecule is CC[C@H]1[C@H]2OC(=O)[C@H](C)[C@H]2C(=O)CC([C@@H]2C[C@H](C)C(=O)O2)N2CCCC[C@@H]1C2=O. The van der Waals surface area contributed by atoms with Gasteiger partial charge in [-0.3, -0.25) is 19.2 Å². The lowest BCUT2D eigenvalue weighted by Gasteiger charge is -2.36. The molecule has 8 atom stereocenters. The maximum absolute atomic E-state index is 13.6. The third kappa shape index (κ3) is 3.36. The fourth-order valence-electron chi connectivity index (χ4n) is 5.91. The van der Waals surface area contributed by atoms with Gasteiger partial charge in [0.05, 0.1) is 23.8 Å². The van der Waals surface area contributed by atoms with Crippen molar-refractivity contribution >= 4 is 23.6 Å². The number of ether oxygens (including phenoxy) is 2. The largest absolute Gasteiger partial charge is 0.461 e. The molecule has 0 aromatic heterocycles. The van der Waals surface area contributed by atoms with E-state index in [1.54, 1.807) is 6.92 Å². The van der Waals surface area contributed by atoms with Gasteiger partial charge in [-0.05, 0) is 25.7 Å². The number of nitrogens with zero attached hydrogens (tertiary/aromatic N) is 1. The zero-order valence-electron chi connectivity index (χ0n) is 17.5. The summed E-state index contributed by atoms with van der Waals surface area (Å²) in [7, 11) is 0. The Bertz CT molecular complexity index is 720. The molecule has 4 saturated heterocycles. The van der Waals surface area contributed by atoms with Crippen molar-refractivity contribution in [1.29, 1.82) is 0 Å². The molecule has 4 fully saturated rings. The molecule has 4 aliphatic heterocycles. The van der Waals surface area contributed by atoms with Gasteiger partial charge in [0.2, 0.25) is 5.91 Å². The van der Waals surface area contributed by atoms with Crippen molar-refractivity contribution in [3.8, 4) is 0 Å². The number of ketones is 1. The highest BCUT2D eigenvalue weighted by Gasteiger charge is 2.55. The molecule has 4 heterocycles. The van der Waals surface area contributed by atoms with Crippen LogP contribution >= 0.6 is 0 Å². The van der Waals surface area contributed by atoms with Crippen LogP contribution in [0.15, 0.2) is 0 Å². The molecular weight excluding hydrogens is 374 g/mol. The molecule has 2 bridgehead atoms. The summed E-state index contributed by atoms with van der Waals surface area (Å²) >= 11 is 0. The molecule has 0 aliphatic carbocycles. The van der Waals surface area contributed by atoms with Gasteiger partial charge in [0.15, 0.2) is 0 Å². The van der Waals surface area contributed by atoms with E-state index in [4.69, 9.17) is 9.47 Å². The van der Waals surface area contributed by atoms with Crippen LogP contribution < -0.4 is 0 Å². The minimum Gasteiger partial charge on any atom is -0.461 e. The zero-order valence-corrected chi connectivity index (χ0v) is 17.5. The summed E-state index contributed by atoms with van der Waals surface area (Å²) in [5.41, 5.74) is 0. The van der Waals surface area contributed by atoms with Crippen LogP contribution in [0.25, 0.3) is 0 Å². The lowest BCUT2D eigenvalue weighted by molar-refractivity contribution is -0.153. The fraction of sp³-hybridized carbons (Fsp3) is 0.818. The molecule has 0 radical (unpaired) electrons. The monoisotopic (exact) mass is 405 g/mol. The molecule has 0 aromatic carbocycles. The van der Waals surface area contributed by atoms with Gasteiger partial charge in [-0.15, -0.1) is 0 Å². The van der Waals surface area contributed by atoms with Crippen molar-refractivity contribution in [2.45, 2.75) is 77.5 Å². The molecule has 4 rings (SSSR count). The van der Waals surface area contributed by atoms with E-state index in [0.717, 1.165) is 19.3 Å². The summed E-state index contributed by atoms with van der Waals surface area (Å²) in [6, 6.07) is -0.455. The summed E-state index contributed by atoms with van der Waals surface area (Å²) in [5, 5.41) is 0. The van der Waals surface area contributed by atoms with Crippen LogP contribution in [0.2, 0.25) is 0 Å².